The van der Waals surface area contributed by atoms with E-state index in [0.717, 1.165) is 16.5 Å². The zero-order chi connectivity index (χ0) is 57.9. The summed E-state index contributed by atoms with van der Waals surface area (Å²) in [5.41, 5.74) is -28.5. The molecule has 0 N–H and O–H groups in total. The van der Waals surface area contributed by atoms with Crippen molar-refractivity contribution in [1.82, 2.24) is 0 Å². The molecule has 7 rings (SSSR count). The van der Waals surface area contributed by atoms with Gasteiger partial charge in [0, 0.05) is 17.7 Å². The molecule has 0 bridgehead atoms. The molecule has 0 aliphatic heterocycles. The first-order valence-corrected chi connectivity index (χ1v) is 21.4. The molecule has 0 amide bonds. The number of hydrogen-bond acceptors (Lipinski definition) is 1. The molecule has 0 aliphatic carbocycles. The molecule has 77 heavy (non-hydrogen) atoms. The Hall–Kier alpha value is -6.93. The van der Waals surface area contributed by atoms with Gasteiger partial charge in [0.2, 0.25) is 17.8 Å². The third-order valence-corrected chi connectivity index (χ3v) is 12.0. The summed E-state index contributed by atoms with van der Waals surface area (Å²) in [4.78, 5) is 12.3. The number of aromatic nitrogens is 1. The van der Waals surface area contributed by atoms with E-state index >= 15 is 0 Å². The number of halogens is 25. The van der Waals surface area contributed by atoms with Crippen molar-refractivity contribution >= 4 is 56.3 Å². The summed E-state index contributed by atoms with van der Waals surface area (Å²) in [7, 11) is 0. The SMILES string of the molecule is FC(F)(F)c1cc([B-](c2cc(C(F)(F)F)cc(C(F)(F)F)c2)(c2cc(C(F)(F)F)cc(C(F)(F)F)c2)c2cc(C(F)(F)F)cc(C(F)(F)F)c2)cc(C(F)(F)F)c1.O=C(C[n+]1cccc2c(Cl)cccc21)c1ccccc1. The van der Waals surface area contributed by atoms with Gasteiger partial charge in [0.15, 0.2) is 6.20 Å². The Bertz CT molecular complexity index is 2870. The van der Waals surface area contributed by atoms with Crippen molar-refractivity contribution in [3.63, 3.8) is 0 Å². The fourth-order valence-electron chi connectivity index (χ4n) is 8.34. The fourth-order valence-corrected chi connectivity index (χ4v) is 8.58. The summed E-state index contributed by atoms with van der Waals surface area (Å²) in [6.07, 6.45) is -52.9. The quantitative estimate of drug-likeness (QED) is 0.0674. The first-order valence-electron chi connectivity index (χ1n) is 21.0. The van der Waals surface area contributed by atoms with E-state index in [1.54, 1.807) is 0 Å². The van der Waals surface area contributed by atoms with Crippen LogP contribution in [0.2, 0.25) is 5.02 Å². The number of ketones is 1. The van der Waals surface area contributed by atoms with Crippen LogP contribution in [-0.4, -0.2) is 11.9 Å². The zero-order valence-corrected chi connectivity index (χ0v) is 38.1. The van der Waals surface area contributed by atoms with Gasteiger partial charge in [-0.25, -0.2) is 0 Å². The number of fused-ring (bicyclic) bond motifs is 1. The van der Waals surface area contributed by atoms with Crippen LogP contribution in [0.1, 0.15) is 54.9 Å². The molecular weight excluding hydrogens is 1120 g/mol. The maximum Gasteiger partial charge on any atom is 0.416 e. The Balaban J connectivity index is 0.000000397. The van der Waals surface area contributed by atoms with Gasteiger partial charge in [-0.3, -0.25) is 4.79 Å². The smallest absolute Gasteiger partial charge is 0.287 e. The molecule has 28 heteroatoms. The van der Waals surface area contributed by atoms with Crippen molar-refractivity contribution in [2.45, 2.75) is 56.0 Å². The van der Waals surface area contributed by atoms with Crippen LogP contribution in [0.4, 0.5) is 105 Å². The summed E-state index contributed by atoms with van der Waals surface area (Å²) in [5.74, 6) is 0.0862. The number of hydrogen-bond donors (Lipinski definition) is 0. The monoisotopic (exact) mass is 1150 g/mol. The van der Waals surface area contributed by atoms with E-state index < -0.39 is 195 Å². The minimum absolute atomic E-state index is 0.0862. The highest BCUT2D eigenvalue weighted by atomic mass is 35.5. The van der Waals surface area contributed by atoms with Crippen LogP contribution in [0, 0.1) is 0 Å². The van der Waals surface area contributed by atoms with Gasteiger partial charge in [-0.2, -0.15) is 132 Å². The number of benzene rings is 6. The van der Waals surface area contributed by atoms with Gasteiger partial charge in [0.05, 0.1) is 54.9 Å². The molecule has 6 aromatic carbocycles. The number of rotatable bonds is 7. The maximum atomic E-state index is 14.2. The molecule has 0 atom stereocenters. The highest BCUT2D eigenvalue weighted by molar-refractivity contribution is 7.20. The summed E-state index contributed by atoms with van der Waals surface area (Å²) in [6.45, 7) is 0.307. The third-order valence-electron chi connectivity index (χ3n) is 11.7. The number of Topliss-reactive ketones (excluding diaryl/α,β-unsaturated/α-hetero) is 1. The van der Waals surface area contributed by atoms with Crippen molar-refractivity contribution in [1.29, 1.82) is 0 Å². The molecule has 7 aromatic rings. The van der Waals surface area contributed by atoms with Gasteiger partial charge in [-0.05, 0) is 36.4 Å². The highest BCUT2D eigenvalue weighted by Gasteiger charge is 2.47. The van der Waals surface area contributed by atoms with Crippen molar-refractivity contribution in [3.8, 4) is 0 Å². The van der Waals surface area contributed by atoms with Gasteiger partial charge in [-0.1, -0.05) is 96.5 Å². The van der Waals surface area contributed by atoms with E-state index in [4.69, 9.17) is 11.6 Å². The molecular formula is C49H25BClF24NO. The molecule has 2 nitrogen and oxygen atoms in total. The molecule has 410 valence electrons. The second kappa shape index (κ2) is 20.5. The molecule has 0 unspecified atom stereocenters. The zero-order valence-electron chi connectivity index (χ0n) is 37.4. The van der Waals surface area contributed by atoms with Crippen LogP contribution in [-0.2, 0) is 56.0 Å². The maximum absolute atomic E-state index is 14.2. The molecule has 1 heterocycles. The van der Waals surface area contributed by atoms with E-state index in [-0.39, 0.29) is 5.78 Å². The second-order valence-electron chi connectivity index (χ2n) is 16.8. The summed E-state index contributed by atoms with van der Waals surface area (Å²) in [6, 6.07) is 10.1. The van der Waals surface area contributed by atoms with Crippen molar-refractivity contribution in [3.05, 3.63) is 195 Å². The first-order chi connectivity index (χ1) is 35.0. The van der Waals surface area contributed by atoms with E-state index in [2.05, 4.69) is 0 Å². The lowest BCUT2D eigenvalue weighted by Crippen LogP contribution is -2.75. The number of pyridine rings is 1. The molecule has 0 saturated heterocycles. The third kappa shape index (κ3) is 13.3. The standard InChI is InChI=1S/C32H12BF24.C17H13ClNO/c34-25(35,36)13-1-14(26(37,38)39)6-21(5-13)33(22-7-15(27(40,41)42)2-16(8-22)28(43,44)45,23-9-17(29(46,47)48)3-18(10-23)30(49,50)51)24-11-19(31(52,53)54)4-20(12-24)32(55,56)57;18-15-9-4-10-16-14(15)8-5-11-19(16)12-17(20)13-6-2-1-3-7-13/h1-12H;1-11H,12H2/q-1;+1. The Labute approximate surface area is 421 Å². The summed E-state index contributed by atoms with van der Waals surface area (Å²) in [5, 5.41) is 1.65. The van der Waals surface area contributed by atoms with E-state index in [9.17, 15) is 110 Å². The normalized spacial score (nSPS) is 13.4. The Morgan fingerprint density at radius 1 is 0.364 bits per heavy atom. The van der Waals surface area contributed by atoms with Crippen LogP contribution in [0.5, 0.6) is 0 Å². The van der Waals surface area contributed by atoms with Crippen LogP contribution in [0.15, 0.2) is 140 Å². The molecule has 0 fully saturated rings. The average molecular weight is 1150 g/mol. The average Bonchev–Trinajstić information content (AvgIpc) is 3.30. The van der Waals surface area contributed by atoms with Crippen molar-refractivity contribution < 1.29 is 115 Å². The number of carbonyl (C=O) groups is 1. The Morgan fingerprint density at radius 3 is 0.922 bits per heavy atom. The first kappa shape index (κ1) is 59.3. The molecule has 0 spiro atoms. The minimum atomic E-state index is -6.13. The summed E-state index contributed by atoms with van der Waals surface area (Å²) >= 11 is 6.18. The molecule has 0 aliphatic rings. The van der Waals surface area contributed by atoms with Crippen LogP contribution in [0.25, 0.3) is 10.9 Å². The lowest BCUT2D eigenvalue weighted by Gasteiger charge is -2.46. The predicted octanol–water partition coefficient (Wildman–Crippen LogP) is 14.9. The highest BCUT2D eigenvalue weighted by Crippen LogP contribution is 2.41. The largest absolute Gasteiger partial charge is 0.416 e. The predicted molar refractivity (Wildman–Crippen MR) is 230 cm³/mol. The van der Waals surface area contributed by atoms with Gasteiger partial charge < -0.3 is 0 Å². The van der Waals surface area contributed by atoms with Gasteiger partial charge in [-0.15, -0.1) is 0 Å². The van der Waals surface area contributed by atoms with Crippen LogP contribution >= 0.6 is 11.6 Å². The van der Waals surface area contributed by atoms with E-state index in [1.165, 1.54) is 0 Å². The van der Waals surface area contributed by atoms with E-state index in [1.807, 2.05) is 71.4 Å². The summed E-state index contributed by atoms with van der Waals surface area (Å²) < 4.78 is 343. The van der Waals surface area contributed by atoms with Crippen LogP contribution in [0.3, 0.4) is 0 Å². The lowest BCUT2D eigenvalue weighted by molar-refractivity contribution is -0.657. The molecule has 0 radical (unpaired) electrons. The Kier molecular flexibility index (Phi) is 15.8. The van der Waals surface area contributed by atoms with E-state index in [0.29, 0.717) is 11.6 Å². The van der Waals surface area contributed by atoms with Gasteiger partial charge in [0.1, 0.15) is 6.15 Å². The number of nitrogens with zero attached hydrogens (tertiary/aromatic N) is 1. The molecule has 1 aromatic heterocycles. The topological polar surface area (TPSA) is 20.9 Å². The fraction of sp³-hybridized carbons (Fsp3) is 0.184. The minimum Gasteiger partial charge on any atom is -0.287 e. The molecule has 0 saturated carbocycles. The second-order valence-corrected chi connectivity index (χ2v) is 17.2. The number of carbonyl (C=O) groups excluding carboxylic acids is 1. The Morgan fingerprint density at radius 2 is 0.649 bits per heavy atom. The van der Waals surface area contributed by atoms with Gasteiger partial charge in [0.25, 0.3) is 0 Å². The van der Waals surface area contributed by atoms with Crippen LogP contribution < -0.4 is 26.4 Å². The number of alkyl halides is 24. The lowest BCUT2D eigenvalue weighted by atomic mass is 9.12. The van der Waals surface area contributed by atoms with Gasteiger partial charge >= 0.3 is 49.4 Å². The van der Waals surface area contributed by atoms with Crippen molar-refractivity contribution in [2.24, 2.45) is 0 Å². The van der Waals surface area contributed by atoms with Crippen molar-refractivity contribution in [2.75, 3.05) is 0 Å².